The van der Waals surface area contributed by atoms with Crippen molar-refractivity contribution in [3.63, 3.8) is 0 Å². The van der Waals surface area contributed by atoms with Gasteiger partial charge in [-0.3, -0.25) is 4.79 Å². The quantitative estimate of drug-likeness (QED) is 0.853. The number of anilines is 2. The summed E-state index contributed by atoms with van der Waals surface area (Å²) in [6.45, 7) is 8.51. The second-order valence-corrected chi connectivity index (χ2v) is 7.83. The van der Waals surface area contributed by atoms with Crippen LogP contribution in [0.1, 0.15) is 25.0 Å². The lowest BCUT2D eigenvalue weighted by Gasteiger charge is -2.33. The Morgan fingerprint density at radius 2 is 1.70 bits per heavy atom. The molecule has 0 aliphatic carbocycles. The minimum Gasteiger partial charge on any atom is -0.354 e. The molecule has 5 nitrogen and oxygen atoms in total. The van der Waals surface area contributed by atoms with Crippen LogP contribution in [-0.2, 0) is 17.6 Å². The molecule has 0 atom stereocenters. The molecule has 2 heterocycles. The number of pyridine rings is 1. The third-order valence-corrected chi connectivity index (χ3v) is 4.89. The summed E-state index contributed by atoms with van der Waals surface area (Å²) in [5.41, 5.74) is 3.09. The maximum Gasteiger partial charge on any atom is 0.228 e. The average Bonchev–Trinajstić information content (AvgIpc) is 2.64. The first-order valence-corrected chi connectivity index (χ1v) is 9.77. The number of piperazine rings is 1. The Balaban J connectivity index is 1.51. The molecule has 27 heavy (non-hydrogen) atoms. The highest BCUT2D eigenvalue weighted by Crippen LogP contribution is 2.16. The van der Waals surface area contributed by atoms with E-state index in [9.17, 15) is 4.79 Å². The molecule has 0 bridgehead atoms. The van der Waals surface area contributed by atoms with E-state index in [4.69, 9.17) is 0 Å². The van der Waals surface area contributed by atoms with Crippen molar-refractivity contribution in [3.8, 4) is 0 Å². The molecule has 1 saturated heterocycles. The van der Waals surface area contributed by atoms with Crippen molar-refractivity contribution in [3.05, 3.63) is 53.7 Å². The van der Waals surface area contributed by atoms with Gasteiger partial charge in [-0.25, -0.2) is 4.98 Å². The van der Waals surface area contributed by atoms with Gasteiger partial charge in [-0.15, -0.1) is 0 Å². The van der Waals surface area contributed by atoms with Crippen LogP contribution >= 0.6 is 0 Å². The molecule has 1 aromatic carbocycles. The van der Waals surface area contributed by atoms with E-state index < -0.39 is 0 Å². The molecule has 1 aliphatic heterocycles. The SMILES string of the molecule is CC(C)Cc1ccc(CC(=O)Nc2ccc(N3CCN(C)CC3)nc2)cc1. The van der Waals surface area contributed by atoms with Crippen LogP contribution < -0.4 is 10.2 Å². The number of nitrogens with zero attached hydrogens (tertiary/aromatic N) is 3. The number of nitrogens with one attached hydrogen (secondary N) is 1. The summed E-state index contributed by atoms with van der Waals surface area (Å²) in [6.07, 6.45) is 3.19. The van der Waals surface area contributed by atoms with E-state index in [1.165, 1.54) is 5.56 Å². The van der Waals surface area contributed by atoms with E-state index in [0.717, 1.165) is 49.7 Å². The Morgan fingerprint density at radius 3 is 2.30 bits per heavy atom. The van der Waals surface area contributed by atoms with Crippen LogP contribution in [0, 0.1) is 5.92 Å². The standard InChI is InChI=1S/C22H30N4O/c1-17(2)14-18-4-6-19(7-5-18)15-22(27)24-20-8-9-21(23-16-20)26-12-10-25(3)11-13-26/h4-9,16-17H,10-15H2,1-3H3,(H,24,27). The minimum absolute atomic E-state index is 0.0132. The van der Waals surface area contributed by atoms with Crippen LogP contribution in [-0.4, -0.2) is 49.0 Å². The molecule has 0 unspecified atom stereocenters. The molecule has 5 heteroatoms. The average molecular weight is 367 g/mol. The number of hydrogen-bond donors (Lipinski definition) is 1. The van der Waals surface area contributed by atoms with Crippen LogP contribution in [0.2, 0.25) is 0 Å². The molecular weight excluding hydrogens is 336 g/mol. The van der Waals surface area contributed by atoms with Crippen molar-refractivity contribution in [1.82, 2.24) is 9.88 Å². The van der Waals surface area contributed by atoms with Gasteiger partial charge < -0.3 is 15.1 Å². The van der Waals surface area contributed by atoms with E-state index >= 15 is 0 Å². The van der Waals surface area contributed by atoms with E-state index in [1.54, 1.807) is 6.20 Å². The summed E-state index contributed by atoms with van der Waals surface area (Å²) in [6, 6.07) is 12.3. The summed E-state index contributed by atoms with van der Waals surface area (Å²) in [4.78, 5) is 21.4. The monoisotopic (exact) mass is 366 g/mol. The van der Waals surface area contributed by atoms with Crippen molar-refractivity contribution in [1.29, 1.82) is 0 Å². The first-order chi connectivity index (χ1) is 13.0. The molecule has 3 rings (SSSR count). The highest BCUT2D eigenvalue weighted by atomic mass is 16.1. The van der Waals surface area contributed by atoms with Gasteiger partial charge in [-0.1, -0.05) is 38.1 Å². The van der Waals surface area contributed by atoms with E-state index in [1.807, 2.05) is 24.3 Å². The summed E-state index contributed by atoms with van der Waals surface area (Å²) >= 11 is 0. The summed E-state index contributed by atoms with van der Waals surface area (Å²) in [7, 11) is 2.14. The van der Waals surface area contributed by atoms with E-state index in [-0.39, 0.29) is 5.91 Å². The van der Waals surface area contributed by atoms with Gasteiger partial charge in [0.05, 0.1) is 18.3 Å². The third-order valence-electron chi connectivity index (χ3n) is 4.89. The molecule has 1 fully saturated rings. The first kappa shape index (κ1) is 19.4. The molecule has 0 spiro atoms. The zero-order valence-corrected chi connectivity index (χ0v) is 16.6. The summed E-state index contributed by atoms with van der Waals surface area (Å²) < 4.78 is 0. The van der Waals surface area contributed by atoms with Crippen LogP contribution in [0.15, 0.2) is 42.6 Å². The van der Waals surface area contributed by atoms with Gasteiger partial charge in [-0.05, 0) is 42.6 Å². The van der Waals surface area contributed by atoms with Crippen molar-refractivity contribution in [2.45, 2.75) is 26.7 Å². The fourth-order valence-corrected chi connectivity index (χ4v) is 3.34. The number of likely N-dealkylation sites (N-methyl/N-ethyl adjacent to an activating group) is 1. The van der Waals surface area contributed by atoms with Crippen LogP contribution in [0.25, 0.3) is 0 Å². The number of benzene rings is 1. The molecule has 0 saturated carbocycles. The smallest absolute Gasteiger partial charge is 0.228 e. The van der Waals surface area contributed by atoms with E-state index in [2.05, 4.69) is 53.1 Å². The Labute approximate surface area is 162 Å². The maximum atomic E-state index is 12.3. The molecule has 1 aliphatic rings. The number of amides is 1. The second kappa shape index (κ2) is 9.00. The predicted molar refractivity (Wildman–Crippen MR) is 111 cm³/mol. The van der Waals surface area contributed by atoms with Gasteiger partial charge in [0.2, 0.25) is 5.91 Å². The number of carbonyl (C=O) groups is 1. The fraction of sp³-hybridized carbons (Fsp3) is 0.455. The second-order valence-electron chi connectivity index (χ2n) is 7.83. The van der Waals surface area contributed by atoms with Crippen LogP contribution in [0.3, 0.4) is 0 Å². The topological polar surface area (TPSA) is 48.5 Å². The highest BCUT2D eigenvalue weighted by Gasteiger charge is 2.15. The maximum absolute atomic E-state index is 12.3. The molecule has 1 aromatic heterocycles. The molecule has 144 valence electrons. The van der Waals surface area contributed by atoms with E-state index in [0.29, 0.717) is 12.3 Å². The third kappa shape index (κ3) is 5.79. The number of carbonyl (C=O) groups excluding carboxylic acids is 1. The number of rotatable bonds is 6. The zero-order chi connectivity index (χ0) is 19.2. The Kier molecular flexibility index (Phi) is 6.45. The molecular formula is C22H30N4O. The van der Waals surface area contributed by atoms with Gasteiger partial charge >= 0.3 is 0 Å². The molecule has 1 N–H and O–H groups in total. The lowest BCUT2D eigenvalue weighted by atomic mass is 10.0. The summed E-state index contributed by atoms with van der Waals surface area (Å²) in [5.74, 6) is 1.60. The molecule has 2 aromatic rings. The van der Waals surface area contributed by atoms with Gasteiger partial charge in [0.1, 0.15) is 5.82 Å². The molecule has 0 radical (unpaired) electrons. The van der Waals surface area contributed by atoms with Gasteiger partial charge in [0, 0.05) is 26.2 Å². The van der Waals surface area contributed by atoms with Crippen LogP contribution in [0.4, 0.5) is 11.5 Å². The Morgan fingerprint density at radius 1 is 1.04 bits per heavy atom. The number of hydrogen-bond acceptors (Lipinski definition) is 4. The Hall–Kier alpha value is -2.40. The van der Waals surface area contributed by atoms with Crippen molar-refractivity contribution < 1.29 is 4.79 Å². The zero-order valence-electron chi connectivity index (χ0n) is 16.6. The van der Waals surface area contributed by atoms with Gasteiger partial charge in [0.15, 0.2) is 0 Å². The fourth-order valence-electron chi connectivity index (χ4n) is 3.34. The lowest BCUT2D eigenvalue weighted by Crippen LogP contribution is -2.44. The van der Waals surface area contributed by atoms with Crippen LogP contribution in [0.5, 0.6) is 0 Å². The highest BCUT2D eigenvalue weighted by molar-refractivity contribution is 5.92. The largest absolute Gasteiger partial charge is 0.354 e. The van der Waals surface area contributed by atoms with Crippen molar-refractivity contribution in [2.24, 2.45) is 5.92 Å². The van der Waals surface area contributed by atoms with Gasteiger partial charge in [-0.2, -0.15) is 0 Å². The summed E-state index contributed by atoms with van der Waals surface area (Å²) in [5, 5.41) is 2.95. The number of aromatic nitrogens is 1. The minimum atomic E-state index is -0.0132. The Bertz CT molecular complexity index is 732. The lowest BCUT2D eigenvalue weighted by molar-refractivity contribution is -0.115. The normalized spacial score (nSPS) is 15.2. The van der Waals surface area contributed by atoms with Crippen molar-refractivity contribution in [2.75, 3.05) is 43.4 Å². The first-order valence-electron chi connectivity index (χ1n) is 9.77. The van der Waals surface area contributed by atoms with Gasteiger partial charge in [0.25, 0.3) is 0 Å². The molecule has 1 amide bonds. The predicted octanol–water partition coefficient (Wildman–Crippen LogP) is 3.21. The van der Waals surface area contributed by atoms with Crippen molar-refractivity contribution >= 4 is 17.4 Å².